The third-order valence-electron chi connectivity index (χ3n) is 1.50. The number of anilines is 1. The Morgan fingerprint density at radius 1 is 1.60 bits per heavy atom. The first kappa shape index (κ1) is 10.7. The summed E-state index contributed by atoms with van der Waals surface area (Å²) >= 11 is 0. The van der Waals surface area contributed by atoms with Gasteiger partial charge in [0.05, 0.1) is 18.0 Å². The third-order valence-corrected chi connectivity index (χ3v) is 1.50. The summed E-state index contributed by atoms with van der Waals surface area (Å²) in [6, 6.07) is 1.69. The normalized spacial score (nSPS) is 9.07. The second-order valence-corrected chi connectivity index (χ2v) is 2.70. The molecule has 0 bridgehead atoms. The molecule has 1 aromatic heterocycles. The Morgan fingerprint density at radius 2 is 2.33 bits per heavy atom. The molecule has 2 N–H and O–H groups in total. The van der Waals surface area contributed by atoms with Crippen molar-refractivity contribution >= 4 is 17.5 Å². The van der Waals surface area contributed by atoms with Crippen LogP contribution in [-0.4, -0.2) is 28.1 Å². The van der Waals surface area contributed by atoms with Crippen molar-refractivity contribution in [1.29, 1.82) is 5.26 Å². The van der Waals surface area contributed by atoms with Crippen LogP contribution in [0.5, 0.6) is 0 Å². The number of carbonyl (C=O) groups is 2. The molecular formula is C8H9N5O2. The minimum Gasteiger partial charge on any atom is -0.335 e. The first-order chi connectivity index (χ1) is 7.13. The maximum absolute atomic E-state index is 11.2. The molecule has 0 aliphatic heterocycles. The van der Waals surface area contributed by atoms with E-state index in [2.05, 4.69) is 15.7 Å². The van der Waals surface area contributed by atoms with Crippen LogP contribution in [0.2, 0.25) is 0 Å². The van der Waals surface area contributed by atoms with Crippen molar-refractivity contribution in [3.63, 3.8) is 0 Å². The fourth-order valence-electron chi connectivity index (χ4n) is 0.874. The summed E-state index contributed by atoms with van der Waals surface area (Å²) in [5, 5.41) is 16.4. The number of nitrogens with one attached hydrogen (secondary N) is 2. The zero-order chi connectivity index (χ0) is 11.3. The number of nitriles is 1. The second-order valence-electron chi connectivity index (χ2n) is 2.70. The number of hydrogen-bond acceptors (Lipinski definition) is 4. The van der Waals surface area contributed by atoms with E-state index in [0.29, 0.717) is 5.69 Å². The van der Waals surface area contributed by atoms with Crippen LogP contribution in [0.15, 0.2) is 12.4 Å². The van der Waals surface area contributed by atoms with Crippen LogP contribution in [0.4, 0.5) is 5.69 Å². The maximum atomic E-state index is 11.2. The number of aryl methyl sites for hydroxylation is 1. The Kier molecular flexibility index (Phi) is 3.40. The van der Waals surface area contributed by atoms with Gasteiger partial charge in [-0.3, -0.25) is 14.3 Å². The van der Waals surface area contributed by atoms with Crippen LogP contribution < -0.4 is 10.6 Å². The number of amides is 2. The quantitative estimate of drug-likeness (QED) is 0.479. The van der Waals surface area contributed by atoms with Crippen LogP contribution in [0.1, 0.15) is 0 Å². The monoisotopic (exact) mass is 207 g/mol. The van der Waals surface area contributed by atoms with Crippen molar-refractivity contribution in [3.05, 3.63) is 12.4 Å². The molecule has 0 radical (unpaired) electrons. The number of aromatic nitrogens is 2. The van der Waals surface area contributed by atoms with Gasteiger partial charge in [-0.05, 0) is 0 Å². The average Bonchev–Trinajstić information content (AvgIpc) is 2.60. The SMILES string of the molecule is Cn1cc(NC(=O)C(=O)NCC#N)cn1. The highest BCUT2D eigenvalue weighted by Crippen LogP contribution is 2.02. The van der Waals surface area contributed by atoms with Crippen molar-refractivity contribution < 1.29 is 9.59 Å². The zero-order valence-electron chi connectivity index (χ0n) is 8.02. The maximum Gasteiger partial charge on any atom is 0.313 e. The standard InChI is InChI=1S/C8H9N5O2/c1-13-5-6(4-11-13)12-8(15)7(14)10-3-2-9/h4-5H,3H2,1H3,(H,10,14)(H,12,15). The van der Waals surface area contributed by atoms with Crippen molar-refractivity contribution in [2.24, 2.45) is 7.05 Å². The van der Waals surface area contributed by atoms with Crippen molar-refractivity contribution in [2.75, 3.05) is 11.9 Å². The second kappa shape index (κ2) is 4.76. The van der Waals surface area contributed by atoms with Gasteiger partial charge in [-0.1, -0.05) is 0 Å². The fourth-order valence-corrected chi connectivity index (χ4v) is 0.874. The van der Waals surface area contributed by atoms with E-state index >= 15 is 0 Å². The van der Waals surface area contributed by atoms with Crippen LogP contribution >= 0.6 is 0 Å². The smallest absolute Gasteiger partial charge is 0.313 e. The highest BCUT2D eigenvalue weighted by Gasteiger charge is 2.13. The molecule has 78 valence electrons. The molecule has 1 rings (SSSR count). The minimum atomic E-state index is -0.847. The highest BCUT2D eigenvalue weighted by molar-refractivity contribution is 6.39. The van der Waals surface area contributed by atoms with E-state index in [9.17, 15) is 9.59 Å². The zero-order valence-corrected chi connectivity index (χ0v) is 8.02. The summed E-state index contributed by atoms with van der Waals surface area (Å²) in [6.45, 7) is -0.195. The Balaban J connectivity index is 2.49. The molecule has 1 heterocycles. The third kappa shape index (κ3) is 3.11. The fraction of sp³-hybridized carbons (Fsp3) is 0.250. The van der Waals surface area contributed by atoms with Gasteiger partial charge in [0, 0.05) is 13.2 Å². The van der Waals surface area contributed by atoms with Gasteiger partial charge in [0.1, 0.15) is 6.54 Å². The molecule has 0 fully saturated rings. The molecule has 7 nitrogen and oxygen atoms in total. The van der Waals surface area contributed by atoms with Crippen LogP contribution in [0.3, 0.4) is 0 Å². The minimum absolute atomic E-state index is 0.195. The number of hydrogen-bond donors (Lipinski definition) is 2. The summed E-state index contributed by atoms with van der Waals surface area (Å²) in [5.74, 6) is -1.67. The van der Waals surface area contributed by atoms with Crippen molar-refractivity contribution in [3.8, 4) is 6.07 Å². The molecule has 0 atom stereocenters. The number of nitrogens with zero attached hydrogens (tertiary/aromatic N) is 3. The van der Waals surface area contributed by atoms with E-state index in [1.54, 1.807) is 19.3 Å². The lowest BCUT2D eigenvalue weighted by Gasteiger charge is -2.00. The van der Waals surface area contributed by atoms with Crippen molar-refractivity contribution in [2.45, 2.75) is 0 Å². The summed E-state index contributed by atoms with van der Waals surface area (Å²) < 4.78 is 1.49. The predicted octanol–water partition coefficient (Wildman–Crippen LogP) is -1.00. The Hall–Kier alpha value is -2.36. The van der Waals surface area contributed by atoms with E-state index in [1.165, 1.54) is 10.9 Å². The summed E-state index contributed by atoms with van der Waals surface area (Å²) in [5.41, 5.74) is 0.426. The summed E-state index contributed by atoms with van der Waals surface area (Å²) in [4.78, 5) is 22.2. The van der Waals surface area contributed by atoms with Crippen LogP contribution in [0.25, 0.3) is 0 Å². The number of carbonyl (C=O) groups excluding carboxylic acids is 2. The van der Waals surface area contributed by atoms with Gasteiger partial charge < -0.3 is 10.6 Å². The average molecular weight is 207 g/mol. The van der Waals surface area contributed by atoms with E-state index < -0.39 is 11.8 Å². The highest BCUT2D eigenvalue weighted by atomic mass is 16.2. The topological polar surface area (TPSA) is 99.8 Å². The largest absolute Gasteiger partial charge is 0.335 e. The molecule has 15 heavy (non-hydrogen) atoms. The van der Waals surface area contributed by atoms with E-state index in [-0.39, 0.29) is 6.54 Å². The molecule has 1 aromatic rings. The van der Waals surface area contributed by atoms with Crippen LogP contribution in [-0.2, 0) is 16.6 Å². The molecule has 0 spiro atoms. The van der Waals surface area contributed by atoms with Gasteiger partial charge in [0.15, 0.2) is 0 Å². The Bertz CT molecular complexity index is 417. The molecular weight excluding hydrogens is 198 g/mol. The van der Waals surface area contributed by atoms with E-state index in [0.717, 1.165) is 0 Å². The van der Waals surface area contributed by atoms with E-state index in [4.69, 9.17) is 5.26 Å². The van der Waals surface area contributed by atoms with Gasteiger partial charge in [-0.25, -0.2) is 0 Å². The van der Waals surface area contributed by atoms with Gasteiger partial charge >= 0.3 is 11.8 Å². The molecule has 0 saturated carbocycles. The lowest BCUT2D eigenvalue weighted by Crippen LogP contribution is -2.35. The molecule has 7 heteroatoms. The molecule has 0 aromatic carbocycles. The van der Waals surface area contributed by atoms with Gasteiger partial charge in [0.25, 0.3) is 0 Å². The molecule has 0 aliphatic rings. The first-order valence-corrected chi connectivity index (χ1v) is 4.08. The molecule has 2 amide bonds. The van der Waals surface area contributed by atoms with Crippen LogP contribution in [0, 0.1) is 11.3 Å². The first-order valence-electron chi connectivity index (χ1n) is 4.08. The predicted molar refractivity (Wildman–Crippen MR) is 50.5 cm³/mol. The molecule has 0 unspecified atom stereocenters. The van der Waals surface area contributed by atoms with Gasteiger partial charge in [-0.2, -0.15) is 10.4 Å². The van der Waals surface area contributed by atoms with Gasteiger partial charge in [-0.15, -0.1) is 0 Å². The summed E-state index contributed by atoms with van der Waals surface area (Å²) in [6.07, 6.45) is 2.96. The lowest BCUT2D eigenvalue weighted by molar-refractivity contribution is -0.136. The molecule has 0 saturated heterocycles. The van der Waals surface area contributed by atoms with Gasteiger partial charge in [0.2, 0.25) is 0 Å². The van der Waals surface area contributed by atoms with Crippen molar-refractivity contribution in [1.82, 2.24) is 15.1 Å². The Labute approximate surface area is 85.7 Å². The number of rotatable bonds is 2. The summed E-state index contributed by atoms with van der Waals surface area (Å²) in [7, 11) is 1.69. The lowest BCUT2D eigenvalue weighted by atomic mass is 10.5. The van der Waals surface area contributed by atoms with E-state index in [1.807, 2.05) is 0 Å². The molecule has 0 aliphatic carbocycles. The Morgan fingerprint density at radius 3 is 2.87 bits per heavy atom.